The van der Waals surface area contributed by atoms with Crippen molar-refractivity contribution in [2.24, 2.45) is 0 Å². The smallest absolute Gasteiger partial charge is 0.221 e. The van der Waals surface area contributed by atoms with E-state index in [2.05, 4.69) is 39.1 Å². The quantitative estimate of drug-likeness (QED) is 0.596. The van der Waals surface area contributed by atoms with E-state index < -0.39 is 0 Å². The molecule has 0 atom stereocenters. The fourth-order valence-corrected chi connectivity index (χ4v) is 2.96. The predicted octanol–water partition coefficient (Wildman–Crippen LogP) is 4.63. The molecule has 0 saturated heterocycles. The molecule has 0 fully saturated rings. The highest BCUT2D eigenvalue weighted by Crippen LogP contribution is 2.26. The van der Waals surface area contributed by atoms with Crippen LogP contribution in [0.4, 0.5) is 5.69 Å². The molecule has 0 unspecified atom stereocenters. The normalized spacial score (nSPS) is 10.8. The molecule has 2 aromatic heterocycles. The van der Waals surface area contributed by atoms with Gasteiger partial charge in [-0.25, -0.2) is 4.98 Å². The number of rotatable bonds is 3. The van der Waals surface area contributed by atoms with Gasteiger partial charge in [0, 0.05) is 24.4 Å². The fourth-order valence-electron chi connectivity index (χ4n) is 2.96. The molecular weight excluding hydrogens is 310 g/mol. The number of benzene rings is 2. The molecule has 4 rings (SSSR count). The average Bonchev–Trinajstić information content (AvgIpc) is 3.05. The summed E-state index contributed by atoms with van der Waals surface area (Å²) < 4.78 is 2.08. The summed E-state index contributed by atoms with van der Waals surface area (Å²) in [7, 11) is 0. The topological polar surface area (TPSA) is 46.4 Å². The maximum atomic E-state index is 11.3. The highest BCUT2D eigenvalue weighted by atomic mass is 16.1. The number of carbonyl (C=O) groups excluding carboxylic acids is 1. The van der Waals surface area contributed by atoms with Gasteiger partial charge in [-0.3, -0.25) is 9.20 Å². The molecule has 0 aliphatic carbocycles. The number of hydrogen-bond acceptors (Lipinski definition) is 2. The number of fused-ring (bicyclic) bond motifs is 1. The van der Waals surface area contributed by atoms with Gasteiger partial charge in [-0.15, -0.1) is 0 Å². The lowest BCUT2D eigenvalue weighted by Gasteiger charge is -2.08. The van der Waals surface area contributed by atoms with Crippen LogP contribution >= 0.6 is 0 Å². The molecule has 4 aromatic rings. The van der Waals surface area contributed by atoms with Crippen molar-refractivity contribution in [1.29, 1.82) is 0 Å². The van der Waals surface area contributed by atoms with E-state index in [-0.39, 0.29) is 5.91 Å². The standard InChI is InChI=1S/C21H17N3O/c1-15(25)23-19-9-5-8-17(12-19)20-13-22-21-11-10-18(14-24(20)21)16-6-3-2-4-7-16/h2-14H,1H3,(H,23,25). The van der Waals surface area contributed by atoms with Crippen LogP contribution in [0.1, 0.15) is 6.92 Å². The zero-order valence-electron chi connectivity index (χ0n) is 13.8. The van der Waals surface area contributed by atoms with Crippen molar-refractivity contribution in [3.63, 3.8) is 0 Å². The zero-order chi connectivity index (χ0) is 17.2. The van der Waals surface area contributed by atoms with Crippen molar-refractivity contribution in [3.8, 4) is 22.4 Å². The fraction of sp³-hybridized carbons (Fsp3) is 0.0476. The third-order valence-electron chi connectivity index (χ3n) is 4.09. The summed E-state index contributed by atoms with van der Waals surface area (Å²) in [5.74, 6) is -0.0818. The number of carbonyl (C=O) groups is 1. The third kappa shape index (κ3) is 3.02. The van der Waals surface area contributed by atoms with Gasteiger partial charge < -0.3 is 5.32 Å². The van der Waals surface area contributed by atoms with E-state index in [4.69, 9.17) is 0 Å². The lowest BCUT2D eigenvalue weighted by Crippen LogP contribution is -2.05. The molecule has 0 spiro atoms. The lowest BCUT2D eigenvalue weighted by atomic mass is 10.1. The number of imidazole rings is 1. The van der Waals surface area contributed by atoms with E-state index in [1.807, 2.05) is 54.7 Å². The molecule has 0 radical (unpaired) electrons. The number of amides is 1. The van der Waals surface area contributed by atoms with Crippen molar-refractivity contribution in [3.05, 3.63) is 79.1 Å². The van der Waals surface area contributed by atoms with Crippen LogP contribution in [0.15, 0.2) is 79.1 Å². The van der Waals surface area contributed by atoms with E-state index in [1.54, 1.807) is 0 Å². The first-order valence-electron chi connectivity index (χ1n) is 8.11. The monoisotopic (exact) mass is 327 g/mol. The molecule has 2 aromatic carbocycles. The Morgan fingerprint density at radius 2 is 1.72 bits per heavy atom. The molecule has 0 bridgehead atoms. The number of nitrogens with zero attached hydrogens (tertiary/aromatic N) is 2. The van der Waals surface area contributed by atoms with Crippen LogP contribution in [0, 0.1) is 0 Å². The van der Waals surface area contributed by atoms with Gasteiger partial charge in [-0.2, -0.15) is 0 Å². The molecule has 1 amide bonds. The van der Waals surface area contributed by atoms with Crippen LogP contribution < -0.4 is 5.32 Å². The van der Waals surface area contributed by atoms with Gasteiger partial charge in [0.2, 0.25) is 5.91 Å². The number of pyridine rings is 1. The van der Waals surface area contributed by atoms with Crippen molar-refractivity contribution in [1.82, 2.24) is 9.38 Å². The summed E-state index contributed by atoms with van der Waals surface area (Å²) in [5, 5.41) is 2.82. The number of aromatic nitrogens is 2. The van der Waals surface area contributed by atoms with Crippen LogP contribution in [0.5, 0.6) is 0 Å². The Morgan fingerprint density at radius 3 is 2.52 bits per heavy atom. The molecule has 4 nitrogen and oxygen atoms in total. The summed E-state index contributed by atoms with van der Waals surface area (Å²) in [6, 6.07) is 22.1. The van der Waals surface area contributed by atoms with Crippen LogP contribution in [-0.4, -0.2) is 15.3 Å². The van der Waals surface area contributed by atoms with Gasteiger partial charge in [0.1, 0.15) is 5.65 Å². The van der Waals surface area contributed by atoms with Gasteiger partial charge >= 0.3 is 0 Å². The van der Waals surface area contributed by atoms with Gasteiger partial charge in [0.05, 0.1) is 11.9 Å². The average molecular weight is 327 g/mol. The molecule has 1 N–H and O–H groups in total. The van der Waals surface area contributed by atoms with Crippen molar-refractivity contribution < 1.29 is 4.79 Å². The van der Waals surface area contributed by atoms with Crippen molar-refractivity contribution in [2.75, 3.05) is 5.32 Å². The molecule has 0 saturated carbocycles. The first kappa shape index (κ1) is 15.1. The minimum absolute atomic E-state index is 0.0818. The largest absolute Gasteiger partial charge is 0.326 e. The minimum Gasteiger partial charge on any atom is -0.326 e. The van der Waals surface area contributed by atoms with Crippen LogP contribution in [0.25, 0.3) is 28.0 Å². The predicted molar refractivity (Wildman–Crippen MR) is 100 cm³/mol. The van der Waals surface area contributed by atoms with E-state index in [1.165, 1.54) is 6.92 Å². The van der Waals surface area contributed by atoms with E-state index in [0.717, 1.165) is 33.7 Å². The van der Waals surface area contributed by atoms with Crippen LogP contribution in [-0.2, 0) is 4.79 Å². The van der Waals surface area contributed by atoms with Crippen molar-refractivity contribution >= 4 is 17.2 Å². The molecule has 0 aliphatic rings. The number of anilines is 1. The lowest BCUT2D eigenvalue weighted by molar-refractivity contribution is -0.114. The van der Waals surface area contributed by atoms with Gasteiger partial charge in [-0.1, -0.05) is 42.5 Å². The van der Waals surface area contributed by atoms with E-state index in [9.17, 15) is 4.79 Å². The second kappa shape index (κ2) is 6.24. The molecule has 0 aliphatic heterocycles. The summed E-state index contributed by atoms with van der Waals surface area (Å²) in [6.07, 6.45) is 3.95. The summed E-state index contributed by atoms with van der Waals surface area (Å²) in [4.78, 5) is 15.8. The summed E-state index contributed by atoms with van der Waals surface area (Å²) >= 11 is 0. The Hall–Kier alpha value is -3.40. The maximum Gasteiger partial charge on any atom is 0.221 e. The maximum absolute atomic E-state index is 11.3. The van der Waals surface area contributed by atoms with Crippen molar-refractivity contribution in [2.45, 2.75) is 6.92 Å². The Bertz CT molecular complexity index is 1050. The Labute approximate surface area is 145 Å². The molecule has 2 heterocycles. The van der Waals surface area contributed by atoms with Gasteiger partial charge in [-0.05, 0) is 35.4 Å². The summed E-state index contributed by atoms with van der Waals surface area (Å²) in [6.45, 7) is 1.51. The molecule has 4 heteroatoms. The molecule has 122 valence electrons. The number of nitrogens with one attached hydrogen (secondary N) is 1. The second-order valence-electron chi connectivity index (χ2n) is 5.92. The Balaban J connectivity index is 1.81. The van der Waals surface area contributed by atoms with Gasteiger partial charge in [0.25, 0.3) is 0 Å². The van der Waals surface area contributed by atoms with Crippen LogP contribution in [0.2, 0.25) is 0 Å². The minimum atomic E-state index is -0.0818. The summed E-state index contributed by atoms with van der Waals surface area (Å²) in [5.41, 5.74) is 5.95. The molecule has 25 heavy (non-hydrogen) atoms. The number of hydrogen-bond donors (Lipinski definition) is 1. The zero-order valence-corrected chi connectivity index (χ0v) is 13.8. The van der Waals surface area contributed by atoms with E-state index >= 15 is 0 Å². The van der Waals surface area contributed by atoms with Gasteiger partial charge in [0.15, 0.2) is 0 Å². The van der Waals surface area contributed by atoms with E-state index in [0.29, 0.717) is 0 Å². The second-order valence-corrected chi connectivity index (χ2v) is 5.92. The highest BCUT2D eigenvalue weighted by Gasteiger charge is 2.08. The molecular formula is C21H17N3O. The third-order valence-corrected chi connectivity index (χ3v) is 4.09. The first-order valence-corrected chi connectivity index (χ1v) is 8.11. The first-order chi connectivity index (χ1) is 12.2. The SMILES string of the molecule is CC(=O)Nc1cccc(-c2cnc3ccc(-c4ccccc4)cn23)c1. The Kier molecular flexibility index (Phi) is 3.78. The Morgan fingerprint density at radius 1 is 0.920 bits per heavy atom. The highest BCUT2D eigenvalue weighted by molar-refractivity contribution is 5.89. The van der Waals surface area contributed by atoms with Crippen LogP contribution in [0.3, 0.4) is 0 Å².